The fourth-order valence-corrected chi connectivity index (χ4v) is 1.84. The first-order valence-electron chi connectivity index (χ1n) is 5.24. The van der Waals surface area contributed by atoms with Gasteiger partial charge in [-0.25, -0.2) is 0 Å². The Balaban J connectivity index is 3.08. The van der Waals surface area contributed by atoms with E-state index in [0.717, 1.165) is 0 Å². The number of aliphatic carboxylic acids is 1. The Morgan fingerprint density at radius 2 is 2.11 bits per heavy atom. The Morgan fingerprint density at radius 1 is 1.44 bits per heavy atom. The number of hydrogen-bond acceptors (Lipinski definition) is 3. The third kappa shape index (κ3) is 3.89. The predicted molar refractivity (Wildman–Crippen MR) is 71.4 cm³/mol. The van der Waals surface area contributed by atoms with Crippen LogP contribution < -0.4 is 0 Å². The molecule has 0 saturated heterocycles. The quantitative estimate of drug-likeness (QED) is 0.667. The summed E-state index contributed by atoms with van der Waals surface area (Å²) in [6.45, 7) is 1.76. The molecule has 1 aromatic rings. The summed E-state index contributed by atoms with van der Waals surface area (Å²) >= 11 is 11.8. The van der Waals surface area contributed by atoms with Crippen molar-refractivity contribution in [2.75, 3.05) is 7.11 Å². The summed E-state index contributed by atoms with van der Waals surface area (Å²) in [4.78, 5) is 15.5. The Bertz CT molecular complexity index is 474. The predicted octanol–water partition coefficient (Wildman–Crippen LogP) is 3.45. The van der Waals surface area contributed by atoms with Gasteiger partial charge in [-0.15, -0.1) is 0 Å². The second kappa shape index (κ2) is 6.61. The van der Waals surface area contributed by atoms with Crippen LogP contribution in [0.1, 0.15) is 18.9 Å². The van der Waals surface area contributed by atoms with Crippen molar-refractivity contribution in [3.8, 4) is 0 Å². The third-order valence-electron chi connectivity index (χ3n) is 2.35. The molecule has 0 amide bonds. The highest BCUT2D eigenvalue weighted by Gasteiger charge is 2.18. The van der Waals surface area contributed by atoms with Crippen molar-refractivity contribution in [2.45, 2.75) is 13.3 Å². The first-order chi connectivity index (χ1) is 8.45. The van der Waals surface area contributed by atoms with Gasteiger partial charge in [0.1, 0.15) is 7.11 Å². The number of halogens is 2. The van der Waals surface area contributed by atoms with E-state index < -0.39 is 5.97 Å². The van der Waals surface area contributed by atoms with Crippen molar-refractivity contribution in [1.82, 2.24) is 0 Å². The van der Waals surface area contributed by atoms with Crippen LogP contribution in [-0.4, -0.2) is 23.9 Å². The summed E-state index contributed by atoms with van der Waals surface area (Å²) in [6.07, 6.45) is -0.0392. The molecule has 18 heavy (non-hydrogen) atoms. The van der Waals surface area contributed by atoms with Crippen LogP contribution in [0.2, 0.25) is 10.0 Å². The van der Waals surface area contributed by atoms with Crippen molar-refractivity contribution < 1.29 is 14.7 Å². The number of hydrogen-bond donors (Lipinski definition) is 1. The lowest BCUT2D eigenvalue weighted by atomic mass is 9.95. The first-order valence-corrected chi connectivity index (χ1v) is 5.99. The minimum atomic E-state index is -0.897. The maximum absolute atomic E-state index is 10.7. The number of rotatable bonds is 5. The number of oxime groups is 1. The van der Waals surface area contributed by atoms with Gasteiger partial charge in [-0.05, 0) is 12.1 Å². The molecule has 0 radical (unpaired) electrons. The number of carboxylic acids is 1. The summed E-state index contributed by atoms with van der Waals surface area (Å²) in [6, 6.07) is 5.00. The molecule has 98 valence electrons. The molecule has 0 aromatic heterocycles. The molecule has 4 nitrogen and oxygen atoms in total. The molecule has 0 fully saturated rings. The van der Waals surface area contributed by atoms with Crippen molar-refractivity contribution in [2.24, 2.45) is 11.1 Å². The van der Waals surface area contributed by atoms with E-state index in [2.05, 4.69) is 5.16 Å². The van der Waals surface area contributed by atoms with Crippen LogP contribution in [0.3, 0.4) is 0 Å². The molecule has 1 N–H and O–H groups in total. The lowest BCUT2D eigenvalue weighted by Crippen LogP contribution is -2.17. The van der Waals surface area contributed by atoms with Crippen molar-refractivity contribution >= 4 is 34.9 Å². The lowest BCUT2D eigenvalue weighted by molar-refractivity contribution is -0.137. The minimum absolute atomic E-state index is 0.0392. The molecule has 0 aliphatic carbocycles. The van der Waals surface area contributed by atoms with E-state index in [4.69, 9.17) is 33.1 Å². The summed E-state index contributed by atoms with van der Waals surface area (Å²) < 4.78 is 0. The van der Waals surface area contributed by atoms with Gasteiger partial charge >= 0.3 is 5.97 Å². The Labute approximate surface area is 115 Å². The highest BCUT2D eigenvalue weighted by Crippen LogP contribution is 2.25. The van der Waals surface area contributed by atoms with Gasteiger partial charge < -0.3 is 9.94 Å². The fraction of sp³-hybridized carbons (Fsp3) is 0.333. The average molecular weight is 290 g/mol. The zero-order valence-electron chi connectivity index (χ0n) is 9.98. The fourth-order valence-electron chi connectivity index (χ4n) is 1.54. The van der Waals surface area contributed by atoms with Crippen molar-refractivity contribution in [3.05, 3.63) is 33.8 Å². The first kappa shape index (κ1) is 14.8. The van der Waals surface area contributed by atoms with Gasteiger partial charge in [-0.2, -0.15) is 0 Å². The van der Waals surface area contributed by atoms with E-state index in [1.165, 1.54) is 7.11 Å². The van der Waals surface area contributed by atoms with Gasteiger partial charge in [0, 0.05) is 11.5 Å². The molecule has 0 heterocycles. The molecule has 1 rings (SSSR count). The minimum Gasteiger partial charge on any atom is -0.481 e. The van der Waals surface area contributed by atoms with Gasteiger partial charge in [-0.1, -0.05) is 41.3 Å². The molecule has 0 aliphatic rings. The maximum Gasteiger partial charge on any atom is 0.304 e. The molecule has 0 saturated carbocycles. The van der Waals surface area contributed by atoms with Crippen LogP contribution in [0.4, 0.5) is 0 Å². The SMILES string of the molecule is CON=C(c1ccc(Cl)c(Cl)c1)C(C)CC(=O)O. The second-order valence-electron chi connectivity index (χ2n) is 3.79. The van der Waals surface area contributed by atoms with Gasteiger partial charge in [0.15, 0.2) is 0 Å². The number of carboxylic acid groups (broad SMARTS) is 1. The van der Waals surface area contributed by atoms with Gasteiger partial charge in [0.25, 0.3) is 0 Å². The van der Waals surface area contributed by atoms with Gasteiger partial charge in [0.2, 0.25) is 0 Å². The highest BCUT2D eigenvalue weighted by molar-refractivity contribution is 6.42. The second-order valence-corrected chi connectivity index (χ2v) is 4.60. The molecule has 1 atom stereocenters. The number of nitrogens with zero attached hydrogens (tertiary/aromatic N) is 1. The highest BCUT2D eigenvalue weighted by atomic mass is 35.5. The molecule has 0 spiro atoms. The van der Waals surface area contributed by atoms with Crippen LogP contribution in [-0.2, 0) is 9.63 Å². The molecule has 0 bridgehead atoms. The maximum atomic E-state index is 10.7. The summed E-state index contributed by atoms with van der Waals surface area (Å²) in [7, 11) is 1.41. The van der Waals surface area contributed by atoms with Crippen LogP contribution in [0.25, 0.3) is 0 Å². The van der Waals surface area contributed by atoms with E-state index in [1.807, 2.05) is 0 Å². The third-order valence-corrected chi connectivity index (χ3v) is 3.09. The standard InChI is InChI=1S/C12H13Cl2NO3/c1-7(5-11(16)17)12(15-18-2)8-3-4-9(13)10(14)6-8/h3-4,6-7H,5H2,1-2H3,(H,16,17). The monoisotopic (exact) mass is 289 g/mol. The smallest absolute Gasteiger partial charge is 0.304 e. The van der Waals surface area contributed by atoms with Gasteiger partial charge in [-0.3, -0.25) is 4.79 Å². The van der Waals surface area contributed by atoms with E-state index in [0.29, 0.717) is 21.3 Å². The van der Waals surface area contributed by atoms with Crippen LogP contribution in [0.5, 0.6) is 0 Å². The summed E-state index contributed by atoms with van der Waals surface area (Å²) in [5, 5.41) is 13.5. The summed E-state index contributed by atoms with van der Waals surface area (Å²) in [5.74, 6) is -1.19. The largest absolute Gasteiger partial charge is 0.481 e. The van der Waals surface area contributed by atoms with Crippen LogP contribution in [0, 0.1) is 5.92 Å². The van der Waals surface area contributed by atoms with E-state index >= 15 is 0 Å². The Kier molecular flexibility index (Phi) is 5.44. The van der Waals surface area contributed by atoms with Crippen LogP contribution in [0.15, 0.2) is 23.4 Å². The molecule has 6 heteroatoms. The topological polar surface area (TPSA) is 58.9 Å². The molecular formula is C12H13Cl2NO3. The van der Waals surface area contributed by atoms with Crippen molar-refractivity contribution in [3.63, 3.8) is 0 Å². The summed E-state index contributed by atoms with van der Waals surface area (Å²) in [5.41, 5.74) is 1.22. The van der Waals surface area contributed by atoms with E-state index in [1.54, 1.807) is 25.1 Å². The zero-order chi connectivity index (χ0) is 13.7. The molecule has 0 aliphatic heterocycles. The van der Waals surface area contributed by atoms with E-state index in [9.17, 15) is 4.79 Å². The lowest BCUT2D eigenvalue weighted by Gasteiger charge is -2.12. The van der Waals surface area contributed by atoms with Crippen LogP contribution >= 0.6 is 23.2 Å². The van der Waals surface area contributed by atoms with Gasteiger partial charge in [0.05, 0.1) is 22.2 Å². The molecule has 1 unspecified atom stereocenters. The van der Waals surface area contributed by atoms with Crippen molar-refractivity contribution in [1.29, 1.82) is 0 Å². The zero-order valence-corrected chi connectivity index (χ0v) is 11.5. The normalized spacial score (nSPS) is 13.2. The number of benzene rings is 1. The molecular weight excluding hydrogens is 277 g/mol. The molecule has 1 aromatic carbocycles. The number of carbonyl (C=O) groups is 1. The Morgan fingerprint density at radius 3 is 2.61 bits per heavy atom. The van der Waals surface area contributed by atoms with E-state index in [-0.39, 0.29) is 12.3 Å². The Hall–Kier alpha value is -1.26. The average Bonchev–Trinajstić information content (AvgIpc) is 2.29.